The molecule has 0 atom stereocenters. The predicted octanol–water partition coefficient (Wildman–Crippen LogP) is 6.21. The van der Waals surface area contributed by atoms with Crippen molar-refractivity contribution in [3.8, 4) is 0 Å². The van der Waals surface area contributed by atoms with Crippen LogP contribution in [0, 0.1) is 5.92 Å². The van der Waals surface area contributed by atoms with Gasteiger partial charge in [0, 0.05) is 0 Å². The van der Waals surface area contributed by atoms with Crippen LogP contribution in [0.25, 0.3) is 6.08 Å². The largest absolute Gasteiger partial charge is 0.0914 e. The van der Waals surface area contributed by atoms with Crippen molar-refractivity contribution in [2.45, 2.75) is 52.9 Å². The Morgan fingerprint density at radius 2 is 1.53 bits per heavy atom. The van der Waals surface area contributed by atoms with Crippen LogP contribution < -0.4 is 0 Å². The van der Waals surface area contributed by atoms with Gasteiger partial charge in [-0.3, -0.25) is 0 Å². The normalized spacial score (nSPS) is 23.7. The predicted molar refractivity (Wildman–Crippen MR) is 87.4 cm³/mol. The Balaban J connectivity index is 0.00000180. The van der Waals surface area contributed by atoms with Crippen LogP contribution in [0.4, 0.5) is 0 Å². The van der Waals surface area contributed by atoms with Gasteiger partial charge in [-0.25, -0.2) is 0 Å². The highest BCUT2D eigenvalue weighted by atomic mass is 14.2. The third-order valence-corrected chi connectivity index (χ3v) is 4.00. The van der Waals surface area contributed by atoms with Crippen molar-refractivity contribution in [2.75, 3.05) is 0 Å². The van der Waals surface area contributed by atoms with Crippen molar-refractivity contribution in [3.05, 3.63) is 53.6 Å². The Hall–Kier alpha value is -1.30. The molecule has 1 aliphatic rings. The Morgan fingerprint density at radius 3 is 2.05 bits per heavy atom. The number of rotatable bonds is 3. The van der Waals surface area contributed by atoms with Crippen LogP contribution in [0.2, 0.25) is 0 Å². The maximum atomic E-state index is 2.38. The summed E-state index contributed by atoms with van der Waals surface area (Å²) in [5, 5.41) is 0. The van der Waals surface area contributed by atoms with E-state index in [1.54, 1.807) is 0 Å². The van der Waals surface area contributed by atoms with E-state index < -0.39 is 0 Å². The first-order chi connectivity index (χ1) is 8.83. The zero-order valence-corrected chi connectivity index (χ0v) is 11.6. The smallest absolute Gasteiger partial charge is 0.0162 e. The summed E-state index contributed by atoms with van der Waals surface area (Å²) in [5.41, 5.74) is 2.84. The van der Waals surface area contributed by atoms with Gasteiger partial charge in [0.2, 0.25) is 0 Å². The van der Waals surface area contributed by atoms with E-state index in [4.69, 9.17) is 0 Å². The van der Waals surface area contributed by atoms with Crippen molar-refractivity contribution >= 4 is 6.08 Å². The summed E-state index contributed by atoms with van der Waals surface area (Å²) in [4.78, 5) is 0. The van der Waals surface area contributed by atoms with Crippen molar-refractivity contribution in [1.29, 1.82) is 0 Å². The summed E-state index contributed by atoms with van der Waals surface area (Å²) in [5.74, 6) is 1.61. The number of benzene rings is 1. The molecule has 1 aliphatic carbocycles. The molecule has 2 rings (SSSR count). The molecule has 104 valence electrons. The Kier molecular flexibility index (Phi) is 6.62. The average molecular weight is 256 g/mol. The molecule has 0 unspecified atom stereocenters. The van der Waals surface area contributed by atoms with Gasteiger partial charge in [-0.15, -0.1) is 0 Å². The summed E-state index contributed by atoms with van der Waals surface area (Å²) >= 11 is 0. The lowest BCUT2D eigenvalue weighted by molar-refractivity contribution is 0.375. The van der Waals surface area contributed by atoms with E-state index in [0.717, 1.165) is 11.8 Å². The summed E-state index contributed by atoms with van der Waals surface area (Å²) in [6.45, 7) is 4.20. The number of hydrogen-bond acceptors (Lipinski definition) is 0. The SMILES string of the molecule is C.CC=Cc1ccc(C2CCC(C=CC)CC2)cc1. The standard InChI is InChI=1S/C18H24.CH4/c1-3-5-15-7-11-17(12-8-15)18-13-9-16(6-4-2)10-14-18;/h3-8,11-12,16,18H,9-10,13-14H2,1-2H3;1H4. The molecule has 1 aromatic carbocycles. The quantitative estimate of drug-likeness (QED) is 0.564. The first-order valence-corrected chi connectivity index (χ1v) is 7.19. The van der Waals surface area contributed by atoms with Gasteiger partial charge in [-0.2, -0.15) is 0 Å². The van der Waals surface area contributed by atoms with Gasteiger partial charge in [0.15, 0.2) is 0 Å². The fourth-order valence-electron chi connectivity index (χ4n) is 2.99. The molecule has 0 radical (unpaired) electrons. The highest BCUT2D eigenvalue weighted by Gasteiger charge is 2.20. The number of allylic oxidation sites excluding steroid dienone is 3. The lowest BCUT2D eigenvalue weighted by atomic mass is 9.78. The minimum atomic E-state index is 0. The zero-order chi connectivity index (χ0) is 12.8. The molecule has 0 amide bonds. The number of hydrogen-bond donors (Lipinski definition) is 0. The molecule has 0 bridgehead atoms. The average Bonchev–Trinajstić information content (AvgIpc) is 2.41. The van der Waals surface area contributed by atoms with Crippen molar-refractivity contribution in [1.82, 2.24) is 0 Å². The molecule has 0 N–H and O–H groups in total. The molecule has 1 fully saturated rings. The highest BCUT2D eigenvalue weighted by molar-refractivity contribution is 5.49. The first-order valence-electron chi connectivity index (χ1n) is 7.19. The Bertz CT molecular complexity index is 400. The second kappa shape index (κ2) is 7.99. The summed E-state index contributed by atoms with van der Waals surface area (Å²) in [6, 6.07) is 9.12. The minimum Gasteiger partial charge on any atom is -0.0914 e. The van der Waals surface area contributed by atoms with Crippen LogP contribution in [-0.4, -0.2) is 0 Å². The maximum Gasteiger partial charge on any atom is -0.0162 e. The summed E-state index contributed by atoms with van der Waals surface area (Å²) in [7, 11) is 0. The van der Waals surface area contributed by atoms with E-state index >= 15 is 0 Å². The van der Waals surface area contributed by atoms with Crippen molar-refractivity contribution < 1.29 is 0 Å². The van der Waals surface area contributed by atoms with Gasteiger partial charge >= 0.3 is 0 Å². The second-order valence-electron chi connectivity index (χ2n) is 5.30. The highest BCUT2D eigenvalue weighted by Crippen LogP contribution is 2.36. The van der Waals surface area contributed by atoms with Crippen molar-refractivity contribution in [3.63, 3.8) is 0 Å². The van der Waals surface area contributed by atoms with Crippen LogP contribution in [0.3, 0.4) is 0 Å². The molecule has 0 aromatic heterocycles. The minimum absolute atomic E-state index is 0. The Labute approximate surface area is 119 Å². The van der Waals surface area contributed by atoms with Gasteiger partial charge in [0.05, 0.1) is 0 Å². The van der Waals surface area contributed by atoms with Gasteiger partial charge in [-0.05, 0) is 62.5 Å². The summed E-state index contributed by atoms with van der Waals surface area (Å²) < 4.78 is 0. The molecule has 19 heavy (non-hydrogen) atoms. The maximum absolute atomic E-state index is 2.38. The second-order valence-corrected chi connectivity index (χ2v) is 5.30. The topological polar surface area (TPSA) is 0 Å². The molecule has 0 saturated heterocycles. The van der Waals surface area contributed by atoms with Crippen molar-refractivity contribution in [2.24, 2.45) is 5.92 Å². The van der Waals surface area contributed by atoms with Crippen LogP contribution >= 0.6 is 0 Å². The van der Waals surface area contributed by atoms with Gasteiger partial charge in [0.1, 0.15) is 0 Å². The van der Waals surface area contributed by atoms with E-state index in [-0.39, 0.29) is 7.43 Å². The molecule has 0 nitrogen and oxygen atoms in total. The zero-order valence-electron chi connectivity index (χ0n) is 11.6. The first kappa shape index (κ1) is 15.8. The molecule has 0 spiro atoms. The molecular formula is C19H28. The molecular weight excluding hydrogens is 228 g/mol. The fourth-order valence-corrected chi connectivity index (χ4v) is 2.99. The van der Waals surface area contributed by atoms with E-state index in [1.165, 1.54) is 36.8 Å². The third kappa shape index (κ3) is 4.38. The van der Waals surface area contributed by atoms with E-state index in [9.17, 15) is 0 Å². The lowest BCUT2D eigenvalue weighted by Crippen LogP contribution is -2.11. The summed E-state index contributed by atoms with van der Waals surface area (Å²) in [6.07, 6.45) is 14.2. The van der Waals surface area contributed by atoms with Crippen LogP contribution in [0.15, 0.2) is 42.5 Å². The van der Waals surface area contributed by atoms with E-state index in [2.05, 4.69) is 62.4 Å². The monoisotopic (exact) mass is 256 g/mol. The molecule has 0 heteroatoms. The lowest BCUT2D eigenvalue weighted by Gasteiger charge is -2.27. The molecule has 0 aliphatic heterocycles. The Morgan fingerprint density at radius 1 is 0.895 bits per heavy atom. The fraction of sp³-hybridized carbons (Fsp3) is 0.474. The molecule has 1 aromatic rings. The molecule has 0 heterocycles. The van der Waals surface area contributed by atoms with Crippen LogP contribution in [0.1, 0.15) is 64.0 Å². The third-order valence-electron chi connectivity index (χ3n) is 4.00. The molecule has 1 saturated carbocycles. The van der Waals surface area contributed by atoms with Crippen LogP contribution in [0.5, 0.6) is 0 Å². The van der Waals surface area contributed by atoms with Gasteiger partial charge in [-0.1, -0.05) is 56.0 Å². The van der Waals surface area contributed by atoms with Crippen LogP contribution in [-0.2, 0) is 0 Å². The van der Waals surface area contributed by atoms with Gasteiger partial charge < -0.3 is 0 Å². The van der Waals surface area contributed by atoms with E-state index in [0.29, 0.717) is 0 Å². The van der Waals surface area contributed by atoms with Gasteiger partial charge in [0.25, 0.3) is 0 Å². The van der Waals surface area contributed by atoms with E-state index in [1.807, 2.05) is 0 Å².